The molecule has 4 aliphatic rings. The van der Waals surface area contributed by atoms with Crippen LogP contribution in [0.2, 0.25) is 0 Å². The van der Waals surface area contributed by atoms with Gasteiger partial charge in [0.1, 0.15) is 0 Å². The first-order valence-electron chi connectivity index (χ1n) is 20.4. The van der Waals surface area contributed by atoms with Crippen molar-refractivity contribution in [2.75, 3.05) is 0 Å². The topological polar surface area (TPSA) is 115 Å². The second kappa shape index (κ2) is 14.5. The van der Waals surface area contributed by atoms with Crippen molar-refractivity contribution in [2.45, 2.75) is 0 Å². The Labute approximate surface area is 355 Å². The Balaban J connectivity index is 0.890. The Morgan fingerprint density at radius 1 is 0.274 bits per heavy atom. The molecule has 12 rings (SSSR count). The normalized spacial score (nSPS) is 12.5. The maximum Gasteiger partial charge on any atom is 0.0737 e. The molecule has 0 unspecified atom stereocenters. The summed E-state index contributed by atoms with van der Waals surface area (Å²) in [6.45, 7) is 0. The lowest BCUT2D eigenvalue weighted by atomic mass is 10.00. The van der Waals surface area contributed by atoms with Crippen molar-refractivity contribution in [3.63, 3.8) is 0 Å². The van der Waals surface area contributed by atoms with Crippen LogP contribution in [0.25, 0.3) is 115 Å². The first kappa shape index (κ1) is 35.2. The lowest BCUT2D eigenvalue weighted by Crippen LogP contribution is -1.90. The minimum Gasteiger partial charge on any atom is -0.355 e. The molecule has 8 aromatic rings. The highest BCUT2D eigenvalue weighted by atomic mass is 14.8. The van der Waals surface area contributed by atoms with Crippen LogP contribution in [-0.2, 0) is 0 Å². The summed E-state index contributed by atoms with van der Waals surface area (Å²) in [5.41, 5.74) is 20.7. The van der Waals surface area contributed by atoms with E-state index in [1.165, 1.54) is 0 Å². The number of aromatic nitrogens is 8. The molecule has 62 heavy (non-hydrogen) atoms. The highest BCUT2D eigenvalue weighted by Crippen LogP contribution is 2.33. The van der Waals surface area contributed by atoms with Crippen molar-refractivity contribution in [3.8, 4) is 34.1 Å². The van der Waals surface area contributed by atoms with Crippen LogP contribution < -0.4 is 0 Å². The first-order chi connectivity index (χ1) is 30.5. The van der Waals surface area contributed by atoms with Gasteiger partial charge in [-0.2, -0.15) is 0 Å². The number of benzene rings is 2. The van der Waals surface area contributed by atoms with E-state index in [2.05, 4.69) is 190 Å². The average Bonchev–Trinajstić information content (AvgIpc) is 4.13. The molecule has 0 radical (unpaired) electrons. The number of fused-ring (bicyclic) bond motifs is 16. The van der Waals surface area contributed by atoms with E-state index in [4.69, 9.17) is 19.9 Å². The molecule has 6 aromatic heterocycles. The molecule has 4 aliphatic heterocycles. The van der Waals surface area contributed by atoms with Crippen molar-refractivity contribution in [2.24, 2.45) is 0 Å². The Bertz CT molecular complexity index is 3260. The van der Waals surface area contributed by atoms with Gasteiger partial charge in [-0.3, -0.25) is 0 Å². The molecule has 2 aromatic carbocycles. The Kier molecular flexibility index (Phi) is 8.22. The van der Waals surface area contributed by atoms with Crippen molar-refractivity contribution in [1.82, 2.24) is 39.9 Å². The number of hydrogen-bond donors (Lipinski definition) is 4. The van der Waals surface area contributed by atoms with E-state index in [1.807, 2.05) is 24.3 Å². The van der Waals surface area contributed by atoms with Gasteiger partial charge in [-0.1, -0.05) is 36.1 Å². The van der Waals surface area contributed by atoms with Gasteiger partial charge in [-0.15, -0.1) is 0 Å². The van der Waals surface area contributed by atoms with Crippen LogP contribution in [-0.4, -0.2) is 39.9 Å². The number of rotatable bonds is 2. The monoisotopic (exact) mass is 794 g/mol. The van der Waals surface area contributed by atoms with Crippen molar-refractivity contribution >= 4 is 92.7 Å². The summed E-state index contributed by atoms with van der Waals surface area (Å²) in [4.78, 5) is 34.1. The van der Waals surface area contributed by atoms with Crippen LogP contribution in [0.15, 0.2) is 133 Å². The fourth-order valence-corrected chi connectivity index (χ4v) is 8.19. The minimum atomic E-state index is 0.859. The van der Waals surface area contributed by atoms with Gasteiger partial charge >= 0.3 is 0 Å². The first-order valence-corrected chi connectivity index (χ1v) is 20.4. The van der Waals surface area contributed by atoms with E-state index < -0.39 is 0 Å². The third kappa shape index (κ3) is 6.96. The summed E-state index contributed by atoms with van der Waals surface area (Å²) in [7, 11) is 0. The third-order valence-corrected chi connectivity index (χ3v) is 11.1. The zero-order valence-corrected chi connectivity index (χ0v) is 33.1. The third-order valence-electron chi connectivity index (χ3n) is 11.1. The van der Waals surface area contributed by atoms with E-state index >= 15 is 0 Å². The lowest BCUT2D eigenvalue weighted by Gasteiger charge is -2.06. The van der Waals surface area contributed by atoms with Gasteiger partial charge in [0, 0.05) is 66.4 Å². The molecule has 0 amide bonds. The van der Waals surface area contributed by atoms with Gasteiger partial charge in [0.05, 0.1) is 45.6 Å². The molecular formula is C54H34N8. The number of nitrogens with one attached hydrogen (secondary N) is 4. The predicted octanol–water partition coefficient (Wildman–Crippen LogP) is 12.4. The Hall–Kier alpha value is -8.80. The smallest absolute Gasteiger partial charge is 0.0737 e. The molecule has 0 aliphatic carbocycles. The maximum atomic E-state index is 5.05. The fourth-order valence-electron chi connectivity index (χ4n) is 8.19. The highest BCUT2D eigenvalue weighted by Gasteiger charge is 2.16. The summed E-state index contributed by atoms with van der Waals surface area (Å²) >= 11 is 0. The highest BCUT2D eigenvalue weighted by molar-refractivity contribution is 5.91. The second-order valence-electron chi connectivity index (χ2n) is 15.5. The largest absolute Gasteiger partial charge is 0.355 e. The summed E-state index contributed by atoms with van der Waals surface area (Å²) in [6.07, 6.45) is 16.4. The summed E-state index contributed by atoms with van der Waals surface area (Å²) in [6, 6.07) is 45.7. The Morgan fingerprint density at radius 2 is 0.532 bits per heavy atom. The van der Waals surface area contributed by atoms with Crippen molar-refractivity contribution < 1.29 is 0 Å². The molecule has 16 bridgehead atoms. The van der Waals surface area contributed by atoms with Gasteiger partial charge in [0.25, 0.3) is 0 Å². The van der Waals surface area contributed by atoms with Crippen molar-refractivity contribution in [1.29, 1.82) is 0 Å². The molecule has 0 saturated heterocycles. The summed E-state index contributed by atoms with van der Waals surface area (Å²) < 4.78 is 0. The molecule has 8 heteroatoms. The van der Waals surface area contributed by atoms with Gasteiger partial charge < -0.3 is 19.9 Å². The van der Waals surface area contributed by atoms with Crippen LogP contribution in [0.4, 0.5) is 0 Å². The molecular weight excluding hydrogens is 761 g/mol. The van der Waals surface area contributed by atoms with Crippen molar-refractivity contribution in [3.05, 3.63) is 190 Å². The zero-order valence-electron chi connectivity index (χ0n) is 33.1. The fraction of sp³-hybridized carbons (Fsp3) is 0. The predicted molar refractivity (Wildman–Crippen MR) is 255 cm³/mol. The molecule has 290 valence electrons. The van der Waals surface area contributed by atoms with Gasteiger partial charge in [-0.25, -0.2) is 19.9 Å². The molecule has 4 N–H and O–H groups in total. The van der Waals surface area contributed by atoms with E-state index in [-0.39, 0.29) is 0 Å². The minimum absolute atomic E-state index is 0.859. The number of hydrogen-bond acceptors (Lipinski definition) is 4. The number of nitrogens with zero attached hydrogens (tertiary/aromatic N) is 4. The summed E-state index contributed by atoms with van der Waals surface area (Å²) in [5, 5.41) is 0. The van der Waals surface area contributed by atoms with E-state index in [1.54, 1.807) is 0 Å². The maximum absolute atomic E-state index is 5.05. The molecule has 0 atom stereocenters. The lowest BCUT2D eigenvalue weighted by molar-refractivity contribution is 1.27. The van der Waals surface area contributed by atoms with E-state index in [0.29, 0.717) is 0 Å². The van der Waals surface area contributed by atoms with Gasteiger partial charge in [-0.05, 0) is 169 Å². The van der Waals surface area contributed by atoms with E-state index in [0.717, 1.165) is 123 Å². The molecule has 0 fully saturated rings. The molecule has 0 spiro atoms. The standard InChI is InChI=1S/C54H34N8/c1(33-3-7-35(8-4-33)53-49-23-19-45(59-49)29-41-15-11-37(55-41)27-38-12-16-42(56-38)30-46-20-24-50(53)60-46)2-34-5-9-36(10-6-34)54-51-25-21-47(61-51)31-43-17-13-39(57-43)28-40-14-18-44(58-40)32-48-22-26-52(54)62-48/h3-32,55-58H. The van der Waals surface area contributed by atoms with Crippen LogP contribution in [0, 0.1) is 11.8 Å². The average molecular weight is 795 g/mol. The van der Waals surface area contributed by atoms with E-state index in [9.17, 15) is 0 Å². The summed E-state index contributed by atoms with van der Waals surface area (Å²) in [5.74, 6) is 6.77. The van der Waals surface area contributed by atoms with Crippen LogP contribution in [0.3, 0.4) is 0 Å². The van der Waals surface area contributed by atoms with Crippen LogP contribution >= 0.6 is 0 Å². The molecule has 0 saturated carbocycles. The number of aromatic amines is 4. The zero-order chi connectivity index (χ0) is 41.0. The quantitative estimate of drug-likeness (QED) is 0.130. The molecule has 8 nitrogen and oxygen atoms in total. The number of H-pyrrole nitrogens is 4. The van der Waals surface area contributed by atoms with Gasteiger partial charge in [0.2, 0.25) is 0 Å². The van der Waals surface area contributed by atoms with Crippen LogP contribution in [0.1, 0.15) is 56.7 Å². The van der Waals surface area contributed by atoms with Crippen LogP contribution in [0.5, 0.6) is 0 Å². The second-order valence-corrected chi connectivity index (χ2v) is 15.5. The SMILES string of the molecule is C(#Cc1ccc(-c2c3nc(cc4ccc(cc5ccc(cc6nc2C=C6)[nH]5)[nH]4)C=C3)cc1)c1ccc(-c2c3nc(cc4ccc(cc5ccc(cc6nc2C=C6)[nH]5)[nH]4)C=C3)cc1. The molecule has 10 heterocycles. The Morgan fingerprint density at radius 3 is 0.806 bits per heavy atom. The van der Waals surface area contributed by atoms with Gasteiger partial charge in [0.15, 0.2) is 0 Å².